The van der Waals surface area contributed by atoms with Crippen LogP contribution in [0.3, 0.4) is 0 Å². The fraction of sp³-hybridized carbons (Fsp3) is 0. The predicted molar refractivity (Wildman–Crippen MR) is 292 cm³/mol. The minimum absolute atomic E-state index is 0.568. The number of fused-ring (bicyclic) bond motifs is 10. The smallest absolute Gasteiger partial charge is 0.164 e. The summed E-state index contributed by atoms with van der Waals surface area (Å²) in [6.45, 7) is 0. The van der Waals surface area contributed by atoms with Gasteiger partial charge >= 0.3 is 0 Å². The molecule has 0 atom stereocenters. The summed E-state index contributed by atoms with van der Waals surface area (Å²) in [5, 5.41) is 9.14. The molecular weight excluding hydrogens is 879 g/mol. The number of hydrogen-bond donors (Lipinski definition) is 0. The number of rotatable bonds is 5. The van der Waals surface area contributed by atoms with Crippen molar-refractivity contribution in [1.82, 2.24) is 34.9 Å². The van der Waals surface area contributed by atoms with E-state index < -0.39 is 0 Å². The summed E-state index contributed by atoms with van der Waals surface area (Å²) >= 11 is 0. The minimum Gasteiger partial charge on any atom is -0.253 e. The van der Waals surface area contributed by atoms with Crippen molar-refractivity contribution in [3.63, 3.8) is 0 Å². The molecule has 72 heavy (non-hydrogen) atoms. The molecule has 330 valence electrons. The van der Waals surface area contributed by atoms with E-state index in [4.69, 9.17) is 15.0 Å². The Balaban J connectivity index is 0.950. The molecule has 11 aromatic carbocycles. The first kappa shape index (κ1) is 39.0. The topological polar surface area (TPSA) is 90.2 Å². The number of nitrogens with zero attached hydrogens (tertiary/aromatic N) is 7. The molecule has 0 spiro atoms. The van der Waals surface area contributed by atoms with Gasteiger partial charge in [-0.25, -0.2) is 15.0 Å². The third-order valence-electron chi connectivity index (χ3n) is 14.9. The monoisotopic (exact) mass is 913 g/mol. The van der Waals surface area contributed by atoms with Crippen LogP contribution >= 0.6 is 0 Å². The molecule has 0 unspecified atom stereocenters. The van der Waals surface area contributed by atoms with Crippen LogP contribution in [0.5, 0.6) is 0 Å². The maximum absolute atomic E-state index is 5.43. The second-order valence-electron chi connectivity index (χ2n) is 18.9. The number of benzene rings is 11. The highest BCUT2D eigenvalue weighted by molar-refractivity contribution is 6.20. The van der Waals surface area contributed by atoms with Crippen LogP contribution in [0.4, 0.5) is 0 Å². The summed E-state index contributed by atoms with van der Waals surface area (Å²) in [4.78, 5) is 34.5. The lowest BCUT2D eigenvalue weighted by atomic mass is 9.89. The Morgan fingerprint density at radius 2 is 0.569 bits per heavy atom. The first-order valence-electron chi connectivity index (χ1n) is 24.2. The molecule has 0 saturated heterocycles. The largest absolute Gasteiger partial charge is 0.253 e. The highest BCUT2D eigenvalue weighted by atomic mass is 15.0. The van der Waals surface area contributed by atoms with Gasteiger partial charge in [0.25, 0.3) is 0 Å². The van der Waals surface area contributed by atoms with Crippen molar-refractivity contribution in [2.75, 3.05) is 0 Å². The molecular formula is C65H35N7. The lowest BCUT2D eigenvalue weighted by Crippen LogP contribution is -2.01. The first-order chi connectivity index (χ1) is 35.6. The predicted octanol–water partition coefficient (Wildman–Crippen LogP) is 16.0. The molecule has 2 aliphatic carbocycles. The number of hydrogen-bond acceptors (Lipinski definition) is 7. The van der Waals surface area contributed by atoms with E-state index in [2.05, 4.69) is 208 Å². The number of aromatic nitrogens is 7. The molecule has 16 rings (SSSR count). The van der Waals surface area contributed by atoms with Crippen molar-refractivity contribution in [2.24, 2.45) is 0 Å². The fourth-order valence-electron chi connectivity index (χ4n) is 11.6. The van der Waals surface area contributed by atoms with Gasteiger partial charge < -0.3 is 0 Å². The van der Waals surface area contributed by atoms with E-state index in [0.717, 1.165) is 82.6 Å². The van der Waals surface area contributed by atoms with E-state index in [1.165, 1.54) is 66.1 Å². The Hall–Kier alpha value is -9.85. The van der Waals surface area contributed by atoms with E-state index in [1.54, 1.807) is 24.8 Å². The van der Waals surface area contributed by atoms with Gasteiger partial charge in [-0.05, 0) is 164 Å². The van der Waals surface area contributed by atoms with Gasteiger partial charge in [-0.1, -0.05) is 133 Å². The zero-order valence-electron chi connectivity index (χ0n) is 38.3. The van der Waals surface area contributed by atoms with Crippen molar-refractivity contribution >= 4 is 65.2 Å². The Morgan fingerprint density at radius 3 is 1.00 bits per heavy atom. The molecule has 7 nitrogen and oxygen atoms in total. The van der Waals surface area contributed by atoms with E-state index in [-0.39, 0.29) is 0 Å². The lowest BCUT2D eigenvalue weighted by molar-refractivity contribution is 1.08. The van der Waals surface area contributed by atoms with Gasteiger partial charge in [0.15, 0.2) is 17.5 Å². The van der Waals surface area contributed by atoms with Gasteiger partial charge in [0.2, 0.25) is 0 Å². The Bertz CT molecular complexity index is 4360. The van der Waals surface area contributed by atoms with Gasteiger partial charge in [-0.2, -0.15) is 0 Å². The average Bonchev–Trinajstić information content (AvgIpc) is 3.95. The van der Waals surface area contributed by atoms with E-state index >= 15 is 0 Å². The lowest BCUT2D eigenvalue weighted by Gasteiger charge is -2.16. The maximum atomic E-state index is 5.43. The Labute approximate surface area is 411 Å². The van der Waals surface area contributed by atoms with Crippen LogP contribution in [-0.4, -0.2) is 34.9 Å². The SMILES string of the molecule is c1ccc2c(c1)-c1cccc3c(-c4cc(-c5nc(-c6ccc7cc8nccnc8cc7c6)nc(-c6ccc7cc8nccnc8cc7c6)n5)cc(-c5ccc6c7c(cccc57)-c5ccccc5-6)c4)ccc-2c13. The zero-order chi connectivity index (χ0) is 47.0. The van der Waals surface area contributed by atoms with E-state index in [9.17, 15) is 0 Å². The molecule has 0 N–H and O–H groups in total. The summed E-state index contributed by atoms with van der Waals surface area (Å²) in [7, 11) is 0. The average molecular weight is 914 g/mol. The zero-order valence-corrected chi connectivity index (χ0v) is 38.3. The van der Waals surface area contributed by atoms with Crippen molar-refractivity contribution in [1.29, 1.82) is 0 Å². The summed E-state index contributed by atoms with van der Waals surface area (Å²) in [5.41, 5.74) is 20.6. The van der Waals surface area contributed by atoms with Crippen molar-refractivity contribution in [2.45, 2.75) is 0 Å². The molecule has 0 radical (unpaired) electrons. The van der Waals surface area contributed by atoms with Gasteiger partial charge in [0.05, 0.1) is 22.1 Å². The molecule has 7 heteroatoms. The van der Waals surface area contributed by atoms with Crippen molar-refractivity contribution < 1.29 is 0 Å². The molecule has 2 aliphatic rings. The molecule has 0 aliphatic heterocycles. The third kappa shape index (κ3) is 5.82. The van der Waals surface area contributed by atoms with Crippen LogP contribution in [-0.2, 0) is 0 Å². The minimum atomic E-state index is 0.568. The normalized spacial score (nSPS) is 12.2. The molecule has 14 aromatic rings. The molecule has 3 aromatic heterocycles. The molecule has 0 amide bonds. The van der Waals surface area contributed by atoms with Crippen molar-refractivity contribution in [3.8, 4) is 101 Å². The maximum Gasteiger partial charge on any atom is 0.164 e. The third-order valence-corrected chi connectivity index (χ3v) is 14.9. The highest BCUT2D eigenvalue weighted by Crippen LogP contribution is 2.52. The summed E-state index contributed by atoms with van der Waals surface area (Å²) in [6.07, 6.45) is 6.92. The summed E-state index contributed by atoms with van der Waals surface area (Å²) < 4.78 is 0. The highest BCUT2D eigenvalue weighted by Gasteiger charge is 2.26. The van der Waals surface area contributed by atoms with E-state index in [0.29, 0.717) is 17.5 Å². The summed E-state index contributed by atoms with van der Waals surface area (Å²) in [5.74, 6) is 1.71. The van der Waals surface area contributed by atoms with Gasteiger partial charge in [0, 0.05) is 41.5 Å². The second kappa shape index (κ2) is 14.8. The molecule has 0 saturated carbocycles. The van der Waals surface area contributed by atoms with Gasteiger partial charge in [0.1, 0.15) is 0 Å². The van der Waals surface area contributed by atoms with Crippen LogP contribution in [0.1, 0.15) is 0 Å². The summed E-state index contributed by atoms with van der Waals surface area (Å²) in [6, 6.07) is 68.1. The first-order valence-corrected chi connectivity index (χ1v) is 24.2. The van der Waals surface area contributed by atoms with E-state index in [1.807, 2.05) is 0 Å². The second-order valence-corrected chi connectivity index (χ2v) is 18.9. The molecule has 0 fully saturated rings. The Kier molecular flexibility index (Phi) is 8.04. The quantitative estimate of drug-likeness (QED) is 0.159. The van der Waals surface area contributed by atoms with Crippen LogP contribution in [0.25, 0.3) is 166 Å². The van der Waals surface area contributed by atoms with Gasteiger partial charge in [-0.3, -0.25) is 19.9 Å². The van der Waals surface area contributed by atoms with Crippen molar-refractivity contribution in [3.05, 3.63) is 213 Å². The fourth-order valence-corrected chi connectivity index (χ4v) is 11.6. The molecule has 0 bridgehead atoms. The van der Waals surface area contributed by atoms with Crippen LogP contribution < -0.4 is 0 Å². The van der Waals surface area contributed by atoms with Crippen LogP contribution in [0.15, 0.2) is 213 Å². The van der Waals surface area contributed by atoms with Crippen LogP contribution in [0, 0.1) is 0 Å². The van der Waals surface area contributed by atoms with Gasteiger partial charge in [-0.15, -0.1) is 0 Å². The van der Waals surface area contributed by atoms with Crippen LogP contribution in [0.2, 0.25) is 0 Å². The molecule has 3 heterocycles. The Morgan fingerprint density at radius 1 is 0.222 bits per heavy atom. The standard InChI is InChI=1S/C65H35N7/c1-3-9-49-47(7-1)53-13-5-11-51-45(19-21-55(49)61(51)53)42-29-43(46-20-22-56-50-10-4-2-8-48(50)54-14-6-12-52(46)62(54)56)31-44(30-42)65-71-63(38-17-15-36-32-57-59(34-40(36)27-38)68-25-23-66-57)70-64(72-65)39-18-16-37-33-58-60(35-41(37)28-39)69-26-24-67-58/h1-35H.